The first kappa shape index (κ1) is 31.4. The van der Waals surface area contributed by atoms with Crippen LogP contribution in [0.3, 0.4) is 0 Å². The third kappa shape index (κ3) is 14.1. The summed E-state index contributed by atoms with van der Waals surface area (Å²) in [5, 5.41) is 0. The van der Waals surface area contributed by atoms with Crippen LogP contribution in [-0.4, -0.2) is 22.3 Å². The van der Waals surface area contributed by atoms with Crippen molar-refractivity contribution >= 4 is 9.05 Å². The van der Waals surface area contributed by atoms with Gasteiger partial charge in [0.1, 0.15) is 11.5 Å². The van der Waals surface area contributed by atoms with E-state index in [0.29, 0.717) is 13.2 Å². The van der Waals surface area contributed by atoms with Gasteiger partial charge in [-0.2, -0.15) is 0 Å². The highest BCUT2D eigenvalue weighted by Gasteiger charge is 2.51. The molecule has 5 heteroatoms. The molecule has 0 spiro atoms. The van der Waals surface area contributed by atoms with Gasteiger partial charge in [0.2, 0.25) is 0 Å². The molecule has 2 aromatic carbocycles. The normalized spacial score (nSPS) is 11.6. The zero-order chi connectivity index (χ0) is 26.6. The Morgan fingerprint density at radius 2 is 0.784 bits per heavy atom. The molecular weight excluding hydrogens is 476 g/mol. The van der Waals surface area contributed by atoms with Crippen molar-refractivity contribution in [1.29, 1.82) is 0 Å². The van der Waals surface area contributed by atoms with Gasteiger partial charge in [0.25, 0.3) is 0 Å². The molecule has 0 atom stereocenters. The molecular formula is C32H52O4Si. The minimum atomic E-state index is -3.47. The molecule has 0 aliphatic carbocycles. The summed E-state index contributed by atoms with van der Waals surface area (Å²) in [4.78, 5) is 0. The van der Waals surface area contributed by atoms with Crippen molar-refractivity contribution in [2.75, 3.05) is 13.2 Å². The minimum Gasteiger partial charge on any atom is -0.471 e. The molecule has 37 heavy (non-hydrogen) atoms. The Labute approximate surface area is 228 Å². The SMILES string of the molecule is CCCCCCCCCO[Si](OCCCCCCCCC)(Oc1ccc(C)cc1)Oc1ccc(C)cc1. The quantitative estimate of drug-likeness (QED) is 0.113. The molecule has 0 aliphatic heterocycles. The van der Waals surface area contributed by atoms with Gasteiger partial charge in [-0.25, -0.2) is 0 Å². The number of rotatable bonds is 22. The molecule has 0 fully saturated rings. The van der Waals surface area contributed by atoms with E-state index in [2.05, 4.69) is 27.7 Å². The van der Waals surface area contributed by atoms with Crippen molar-refractivity contribution < 1.29 is 17.7 Å². The highest BCUT2D eigenvalue weighted by atomic mass is 28.4. The van der Waals surface area contributed by atoms with Crippen LogP contribution < -0.4 is 8.85 Å². The van der Waals surface area contributed by atoms with E-state index in [9.17, 15) is 0 Å². The Bertz CT molecular complexity index is 737. The monoisotopic (exact) mass is 528 g/mol. The average molecular weight is 529 g/mol. The lowest BCUT2D eigenvalue weighted by molar-refractivity contribution is 0.0385. The molecule has 2 aromatic rings. The van der Waals surface area contributed by atoms with Gasteiger partial charge in [-0.1, -0.05) is 126 Å². The maximum absolute atomic E-state index is 6.48. The summed E-state index contributed by atoms with van der Waals surface area (Å²) in [6, 6.07) is 16.1. The molecule has 0 aromatic heterocycles. The van der Waals surface area contributed by atoms with Crippen molar-refractivity contribution in [3.05, 3.63) is 59.7 Å². The number of hydrogen-bond acceptors (Lipinski definition) is 4. The fourth-order valence-electron chi connectivity index (χ4n) is 4.19. The van der Waals surface area contributed by atoms with Gasteiger partial charge in [0.05, 0.1) is 0 Å². The van der Waals surface area contributed by atoms with Crippen molar-refractivity contribution in [1.82, 2.24) is 0 Å². The van der Waals surface area contributed by atoms with Gasteiger partial charge in [-0.15, -0.1) is 0 Å². The molecule has 0 unspecified atom stereocenters. The second-order valence-electron chi connectivity index (χ2n) is 10.3. The molecule has 0 aliphatic rings. The highest BCUT2D eigenvalue weighted by molar-refractivity contribution is 6.55. The molecule has 0 saturated carbocycles. The second kappa shape index (κ2) is 19.3. The standard InChI is InChI=1S/C32H52O4Si/c1-5-7-9-11-13-15-17-27-33-37(35-31-23-19-29(3)20-24-31,36-32-25-21-30(4)22-26-32)34-28-18-16-14-12-10-8-6-2/h19-26H,5-18,27-28H2,1-4H3. The maximum atomic E-state index is 6.48. The summed E-state index contributed by atoms with van der Waals surface area (Å²) < 4.78 is 25.9. The van der Waals surface area contributed by atoms with Gasteiger partial charge < -0.3 is 17.7 Å². The van der Waals surface area contributed by atoms with Crippen LogP contribution in [0.1, 0.15) is 115 Å². The molecule has 0 N–H and O–H groups in total. The predicted octanol–water partition coefficient (Wildman–Crippen LogP) is 9.73. The van der Waals surface area contributed by atoms with E-state index in [0.717, 1.165) is 37.2 Å². The minimum absolute atomic E-state index is 0.578. The molecule has 0 bridgehead atoms. The average Bonchev–Trinajstić information content (AvgIpc) is 2.90. The van der Waals surface area contributed by atoms with Crippen LogP contribution in [0, 0.1) is 13.8 Å². The Morgan fingerprint density at radius 3 is 1.14 bits per heavy atom. The van der Waals surface area contributed by atoms with Crippen LogP contribution in [0.25, 0.3) is 0 Å². The van der Waals surface area contributed by atoms with E-state index in [1.54, 1.807) is 0 Å². The van der Waals surface area contributed by atoms with Crippen LogP contribution in [0.4, 0.5) is 0 Å². The summed E-state index contributed by atoms with van der Waals surface area (Å²) in [7, 11) is -3.47. The van der Waals surface area contributed by atoms with Gasteiger partial charge in [0.15, 0.2) is 0 Å². The Balaban J connectivity index is 2.05. The smallest absolute Gasteiger partial charge is 0.471 e. The van der Waals surface area contributed by atoms with Gasteiger partial charge in [0, 0.05) is 13.2 Å². The Hall–Kier alpha value is -1.82. The topological polar surface area (TPSA) is 36.9 Å². The van der Waals surface area contributed by atoms with Crippen molar-refractivity contribution in [2.24, 2.45) is 0 Å². The molecule has 208 valence electrons. The van der Waals surface area contributed by atoms with Crippen LogP contribution in [0.2, 0.25) is 0 Å². The van der Waals surface area contributed by atoms with Crippen LogP contribution in [0.5, 0.6) is 11.5 Å². The number of hydrogen-bond donors (Lipinski definition) is 0. The summed E-state index contributed by atoms with van der Waals surface area (Å²) >= 11 is 0. The molecule has 0 heterocycles. The lowest BCUT2D eigenvalue weighted by Gasteiger charge is -2.28. The summed E-state index contributed by atoms with van der Waals surface area (Å²) in [6.07, 6.45) is 17.2. The van der Waals surface area contributed by atoms with Crippen molar-refractivity contribution in [3.63, 3.8) is 0 Å². The van der Waals surface area contributed by atoms with Gasteiger partial charge >= 0.3 is 9.05 Å². The van der Waals surface area contributed by atoms with Crippen LogP contribution >= 0.6 is 0 Å². The zero-order valence-electron chi connectivity index (χ0n) is 24.1. The molecule has 4 nitrogen and oxygen atoms in total. The Kier molecular flexibility index (Phi) is 16.4. The van der Waals surface area contributed by atoms with E-state index >= 15 is 0 Å². The van der Waals surface area contributed by atoms with E-state index in [1.807, 2.05) is 48.5 Å². The lowest BCUT2D eigenvalue weighted by atomic mass is 10.1. The molecule has 2 rings (SSSR count). The first-order chi connectivity index (χ1) is 18.1. The van der Waals surface area contributed by atoms with Crippen molar-refractivity contribution in [2.45, 2.75) is 118 Å². The third-order valence-corrected chi connectivity index (χ3v) is 8.67. The fraction of sp³-hybridized carbons (Fsp3) is 0.625. The lowest BCUT2D eigenvalue weighted by Crippen LogP contribution is -2.55. The predicted molar refractivity (Wildman–Crippen MR) is 157 cm³/mol. The number of unbranched alkanes of at least 4 members (excludes halogenated alkanes) is 12. The Morgan fingerprint density at radius 1 is 0.459 bits per heavy atom. The molecule has 0 radical (unpaired) electrons. The summed E-state index contributed by atoms with van der Waals surface area (Å²) in [5.41, 5.74) is 2.37. The number of aryl methyl sites for hydroxylation is 2. The molecule has 0 saturated heterocycles. The first-order valence-electron chi connectivity index (χ1n) is 14.9. The summed E-state index contributed by atoms with van der Waals surface area (Å²) in [6.45, 7) is 9.82. The molecule has 0 amide bonds. The summed E-state index contributed by atoms with van der Waals surface area (Å²) in [5.74, 6) is 1.45. The van der Waals surface area contributed by atoms with E-state index in [4.69, 9.17) is 17.7 Å². The number of benzene rings is 2. The van der Waals surface area contributed by atoms with Gasteiger partial charge in [-0.3, -0.25) is 0 Å². The first-order valence-corrected chi connectivity index (χ1v) is 16.5. The zero-order valence-corrected chi connectivity index (χ0v) is 25.1. The van der Waals surface area contributed by atoms with E-state index in [1.165, 1.54) is 75.3 Å². The fourth-order valence-corrected chi connectivity index (χ4v) is 6.19. The van der Waals surface area contributed by atoms with Crippen LogP contribution in [-0.2, 0) is 8.85 Å². The van der Waals surface area contributed by atoms with E-state index < -0.39 is 9.05 Å². The maximum Gasteiger partial charge on any atom is 0.820 e. The van der Waals surface area contributed by atoms with E-state index in [-0.39, 0.29) is 0 Å². The third-order valence-electron chi connectivity index (χ3n) is 6.58. The van der Waals surface area contributed by atoms with Crippen LogP contribution in [0.15, 0.2) is 48.5 Å². The van der Waals surface area contributed by atoms with Crippen molar-refractivity contribution in [3.8, 4) is 11.5 Å². The highest BCUT2D eigenvalue weighted by Crippen LogP contribution is 2.24. The van der Waals surface area contributed by atoms with Gasteiger partial charge in [-0.05, 0) is 51.0 Å². The largest absolute Gasteiger partial charge is 0.820 e. The second-order valence-corrected chi connectivity index (χ2v) is 12.3.